The summed E-state index contributed by atoms with van der Waals surface area (Å²) in [6, 6.07) is 14.8. The average Bonchev–Trinajstić information content (AvgIpc) is 2.74. The fourth-order valence-corrected chi connectivity index (χ4v) is 3.12. The maximum Gasteiger partial charge on any atom is 0.255 e. The van der Waals surface area contributed by atoms with Gasteiger partial charge in [0.2, 0.25) is 0 Å². The minimum atomic E-state index is -0.202. The lowest BCUT2D eigenvalue weighted by atomic mass is 10.1. The van der Waals surface area contributed by atoms with Crippen LogP contribution in [0.3, 0.4) is 0 Å². The summed E-state index contributed by atoms with van der Waals surface area (Å²) in [6.07, 6.45) is 3.18. The summed E-state index contributed by atoms with van der Waals surface area (Å²) in [5.74, 6) is 0.432. The van der Waals surface area contributed by atoms with Crippen LogP contribution in [-0.4, -0.2) is 18.0 Å². The standard InChI is InChI=1S/C23H22ClN3O2/c1-15-4-6-21(27-23(28)18-8-10-25-11-9-18)19(12-15)16(2)26-14-17-5-7-22(29-3)20(24)13-17/h4-13,26H,2,14H2,1,3H3,(H,27,28). The van der Waals surface area contributed by atoms with Crippen molar-refractivity contribution in [1.82, 2.24) is 10.3 Å². The van der Waals surface area contributed by atoms with Gasteiger partial charge in [0.1, 0.15) is 5.75 Å². The van der Waals surface area contributed by atoms with Crippen LogP contribution in [0.2, 0.25) is 5.02 Å². The molecular formula is C23H22ClN3O2. The fraction of sp³-hybridized carbons (Fsp3) is 0.130. The molecule has 0 unspecified atom stereocenters. The topological polar surface area (TPSA) is 63.2 Å². The molecule has 0 atom stereocenters. The van der Waals surface area contributed by atoms with Crippen molar-refractivity contribution in [2.75, 3.05) is 12.4 Å². The molecule has 0 radical (unpaired) electrons. The van der Waals surface area contributed by atoms with E-state index in [1.807, 2.05) is 43.3 Å². The second-order valence-electron chi connectivity index (χ2n) is 6.54. The van der Waals surface area contributed by atoms with Crippen molar-refractivity contribution in [3.05, 3.63) is 94.8 Å². The van der Waals surface area contributed by atoms with E-state index in [1.54, 1.807) is 31.6 Å². The molecule has 0 saturated heterocycles. The van der Waals surface area contributed by atoms with Crippen molar-refractivity contribution in [2.45, 2.75) is 13.5 Å². The number of benzene rings is 2. The fourth-order valence-electron chi connectivity index (χ4n) is 2.84. The zero-order chi connectivity index (χ0) is 20.8. The lowest BCUT2D eigenvalue weighted by Gasteiger charge is -2.16. The molecule has 0 fully saturated rings. The van der Waals surface area contributed by atoms with Crippen LogP contribution in [0.4, 0.5) is 5.69 Å². The first-order valence-electron chi connectivity index (χ1n) is 9.05. The number of carbonyl (C=O) groups is 1. The summed E-state index contributed by atoms with van der Waals surface area (Å²) >= 11 is 6.20. The Labute approximate surface area is 175 Å². The normalized spacial score (nSPS) is 10.3. The lowest BCUT2D eigenvalue weighted by molar-refractivity contribution is 0.102. The first kappa shape index (κ1) is 20.4. The van der Waals surface area contributed by atoms with Crippen molar-refractivity contribution in [1.29, 1.82) is 0 Å². The molecule has 0 saturated carbocycles. The Morgan fingerprint density at radius 1 is 1.14 bits per heavy atom. The van der Waals surface area contributed by atoms with Gasteiger partial charge in [0.05, 0.1) is 17.8 Å². The highest BCUT2D eigenvalue weighted by molar-refractivity contribution is 6.32. The molecule has 6 heteroatoms. The first-order valence-corrected chi connectivity index (χ1v) is 9.43. The van der Waals surface area contributed by atoms with E-state index in [4.69, 9.17) is 16.3 Å². The zero-order valence-corrected chi connectivity index (χ0v) is 17.1. The van der Waals surface area contributed by atoms with Crippen molar-refractivity contribution in [2.24, 2.45) is 0 Å². The maximum absolute atomic E-state index is 12.5. The summed E-state index contributed by atoms with van der Waals surface area (Å²) in [6.45, 7) is 6.68. The van der Waals surface area contributed by atoms with Gasteiger partial charge in [0, 0.05) is 35.8 Å². The van der Waals surface area contributed by atoms with E-state index in [-0.39, 0.29) is 5.91 Å². The number of carbonyl (C=O) groups excluding carboxylic acids is 1. The van der Waals surface area contributed by atoms with Crippen LogP contribution >= 0.6 is 11.6 Å². The van der Waals surface area contributed by atoms with Gasteiger partial charge in [-0.2, -0.15) is 0 Å². The number of ether oxygens (including phenoxy) is 1. The Morgan fingerprint density at radius 2 is 1.90 bits per heavy atom. The molecular weight excluding hydrogens is 386 g/mol. The number of halogens is 1. The van der Waals surface area contributed by atoms with Gasteiger partial charge in [-0.25, -0.2) is 0 Å². The molecule has 2 aromatic carbocycles. The molecule has 148 valence electrons. The number of methoxy groups -OCH3 is 1. The van der Waals surface area contributed by atoms with Gasteiger partial charge in [0.25, 0.3) is 5.91 Å². The second kappa shape index (κ2) is 9.26. The summed E-state index contributed by atoms with van der Waals surface area (Å²) in [7, 11) is 1.58. The number of amides is 1. The Bertz CT molecular complexity index is 1040. The van der Waals surface area contributed by atoms with E-state index in [0.29, 0.717) is 34.3 Å². The molecule has 1 aromatic heterocycles. The Hall–Kier alpha value is -3.31. The maximum atomic E-state index is 12.5. The Balaban J connectivity index is 1.75. The van der Waals surface area contributed by atoms with Crippen LogP contribution in [0.1, 0.15) is 27.0 Å². The SMILES string of the molecule is C=C(NCc1ccc(OC)c(Cl)c1)c1cc(C)ccc1NC(=O)c1ccncc1. The first-order chi connectivity index (χ1) is 14.0. The van der Waals surface area contributed by atoms with Crippen LogP contribution in [0.25, 0.3) is 5.70 Å². The van der Waals surface area contributed by atoms with Crippen LogP contribution in [0.15, 0.2) is 67.5 Å². The van der Waals surface area contributed by atoms with Gasteiger partial charge < -0.3 is 15.4 Å². The molecule has 0 aliphatic heterocycles. The number of anilines is 1. The summed E-state index contributed by atoms with van der Waals surface area (Å²) < 4.78 is 5.18. The van der Waals surface area contributed by atoms with E-state index in [2.05, 4.69) is 22.2 Å². The molecule has 0 aliphatic carbocycles. The van der Waals surface area contributed by atoms with Crippen molar-refractivity contribution < 1.29 is 9.53 Å². The highest BCUT2D eigenvalue weighted by Crippen LogP contribution is 2.26. The third-order valence-corrected chi connectivity index (χ3v) is 4.71. The van der Waals surface area contributed by atoms with E-state index >= 15 is 0 Å². The van der Waals surface area contributed by atoms with Crippen LogP contribution in [0.5, 0.6) is 5.75 Å². The smallest absolute Gasteiger partial charge is 0.255 e. The van der Waals surface area contributed by atoms with Gasteiger partial charge in [0.15, 0.2) is 0 Å². The van der Waals surface area contributed by atoms with Crippen LogP contribution in [-0.2, 0) is 6.54 Å². The predicted octanol–water partition coefficient (Wildman–Crippen LogP) is 5.06. The molecule has 29 heavy (non-hydrogen) atoms. The highest BCUT2D eigenvalue weighted by Gasteiger charge is 2.12. The molecule has 0 spiro atoms. The van der Waals surface area contributed by atoms with E-state index in [9.17, 15) is 4.79 Å². The van der Waals surface area contributed by atoms with Crippen molar-refractivity contribution in [3.8, 4) is 5.75 Å². The molecule has 1 heterocycles. The van der Waals surface area contributed by atoms with Crippen molar-refractivity contribution in [3.63, 3.8) is 0 Å². The molecule has 5 nitrogen and oxygen atoms in total. The molecule has 3 aromatic rings. The molecule has 0 aliphatic rings. The molecule has 3 rings (SSSR count). The average molecular weight is 408 g/mol. The highest BCUT2D eigenvalue weighted by atomic mass is 35.5. The van der Waals surface area contributed by atoms with Crippen LogP contribution < -0.4 is 15.4 Å². The third-order valence-electron chi connectivity index (χ3n) is 4.41. The number of rotatable bonds is 7. The summed E-state index contributed by atoms with van der Waals surface area (Å²) in [5, 5.41) is 6.81. The minimum Gasteiger partial charge on any atom is -0.495 e. The summed E-state index contributed by atoms with van der Waals surface area (Å²) in [5.41, 5.74) is 4.81. The van der Waals surface area contributed by atoms with Crippen LogP contribution in [0, 0.1) is 6.92 Å². The molecule has 0 bridgehead atoms. The van der Waals surface area contributed by atoms with E-state index in [1.165, 1.54) is 0 Å². The van der Waals surface area contributed by atoms with Crippen molar-refractivity contribution >= 4 is 28.9 Å². The Morgan fingerprint density at radius 3 is 2.59 bits per heavy atom. The largest absolute Gasteiger partial charge is 0.495 e. The minimum absolute atomic E-state index is 0.202. The number of aromatic nitrogens is 1. The predicted molar refractivity (Wildman–Crippen MR) is 117 cm³/mol. The molecule has 2 N–H and O–H groups in total. The summed E-state index contributed by atoms with van der Waals surface area (Å²) in [4.78, 5) is 16.5. The number of aryl methyl sites for hydroxylation is 1. The number of hydrogen-bond donors (Lipinski definition) is 2. The van der Waals surface area contributed by atoms with Gasteiger partial charge >= 0.3 is 0 Å². The monoisotopic (exact) mass is 407 g/mol. The Kier molecular flexibility index (Phi) is 6.52. The number of hydrogen-bond acceptors (Lipinski definition) is 4. The third kappa shape index (κ3) is 5.15. The lowest BCUT2D eigenvalue weighted by Crippen LogP contribution is -2.16. The number of nitrogens with one attached hydrogen (secondary N) is 2. The second-order valence-corrected chi connectivity index (χ2v) is 6.95. The number of pyridine rings is 1. The van der Waals surface area contributed by atoms with Gasteiger partial charge in [-0.05, 0) is 48.9 Å². The molecule has 1 amide bonds. The zero-order valence-electron chi connectivity index (χ0n) is 16.3. The van der Waals surface area contributed by atoms with Gasteiger partial charge in [-0.15, -0.1) is 0 Å². The quantitative estimate of drug-likeness (QED) is 0.574. The van der Waals surface area contributed by atoms with E-state index < -0.39 is 0 Å². The van der Waals surface area contributed by atoms with Gasteiger partial charge in [-0.1, -0.05) is 35.9 Å². The number of nitrogens with zero attached hydrogens (tertiary/aromatic N) is 1. The van der Waals surface area contributed by atoms with E-state index in [0.717, 1.165) is 16.7 Å². The van der Waals surface area contributed by atoms with Gasteiger partial charge in [-0.3, -0.25) is 9.78 Å².